The van der Waals surface area contributed by atoms with Crippen LogP contribution < -0.4 is 10.6 Å². The SMILES string of the molecule is CCOC(=O)N=S(C)(=O)c1ccc(Nc2ncc(C)c(N[C@H](C)CO)n2)cc1. The zero-order valence-corrected chi connectivity index (χ0v) is 17.1. The number of aromatic nitrogens is 2. The largest absolute Gasteiger partial charge is 0.448 e. The number of carbonyl (C=O) groups excluding carboxylic acids is 1. The number of nitrogens with zero attached hydrogens (tertiary/aromatic N) is 3. The Bertz CT molecular complexity index is 939. The van der Waals surface area contributed by atoms with Crippen molar-refractivity contribution in [3.63, 3.8) is 0 Å². The molecular weight excluding hydrogens is 382 g/mol. The van der Waals surface area contributed by atoms with Crippen LogP contribution in [0.5, 0.6) is 0 Å². The van der Waals surface area contributed by atoms with Crippen molar-refractivity contribution in [3.8, 4) is 0 Å². The van der Waals surface area contributed by atoms with Gasteiger partial charge in [-0.05, 0) is 45.0 Å². The molecule has 10 heteroatoms. The van der Waals surface area contributed by atoms with E-state index < -0.39 is 15.8 Å². The molecule has 0 radical (unpaired) electrons. The molecule has 0 saturated heterocycles. The number of hydrogen-bond donors (Lipinski definition) is 3. The van der Waals surface area contributed by atoms with E-state index >= 15 is 0 Å². The number of aliphatic hydroxyl groups excluding tert-OH is 1. The van der Waals surface area contributed by atoms with E-state index in [-0.39, 0.29) is 19.3 Å². The Balaban J connectivity index is 2.18. The lowest BCUT2D eigenvalue weighted by molar-refractivity contribution is 0.164. The van der Waals surface area contributed by atoms with Gasteiger partial charge in [-0.15, -0.1) is 4.36 Å². The molecule has 28 heavy (non-hydrogen) atoms. The third kappa shape index (κ3) is 5.89. The summed E-state index contributed by atoms with van der Waals surface area (Å²) in [5, 5.41) is 15.4. The number of anilines is 3. The van der Waals surface area contributed by atoms with Gasteiger partial charge in [0.2, 0.25) is 5.95 Å². The second-order valence-electron chi connectivity index (χ2n) is 6.20. The summed E-state index contributed by atoms with van der Waals surface area (Å²) in [7, 11) is -2.89. The number of carbonyl (C=O) groups is 1. The summed E-state index contributed by atoms with van der Waals surface area (Å²) in [6.45, 7) is 5.53. The number of ether oxygens (including phenoxy) is 1. The molecule has 1 unspecified atom stereocenters. The number of rotatable bonds is 7. The van der Waals surface area contributed by atoms with Crippen LogP contribution in [0, 0.1) is 6.92 Å². The number of aliphatic hydroxyl groups is 1. The normalized spacial score (nSPS) is 13.9. The number of nitrogens with one attached hydrogen (secondary N) is 2. The Morgan fingerprint density at radius 3 is 2.64 bits per heavy atom. The molecule has 1 heterocycles. The Morgan fingerprint density at radius 2 is 2.04 bits per heavy atom. The average Bonchev–Trinajstić information content (AvgIpc) is 2.64. The maximum Gasteiger partial charge on any atom is 0.442 e. The lowest BCUT2D eigenvalue weighted by Gasteiger charge is -2.14. The van der Waals surface area contributed by atoms with Crippen LogP contribution in [-0.4, -0.2) is 50.9 Å². The van der Waals surface area contributed by atoms with Crippen molar-refractivity contribution in [3.05, 3.63) is 36.0 Å². The van der Waals surface area contributed by atoms with E-state index in [2.05, 4.69) is 25.0 Å². The van der Waals surface area contributed by atoms with E-state index in [1.807, 2.05) is 13.8 Å². The topological polar surface area (TPSA) is 126 Å². The van der Waals surface area contributed by atoms with Gasteiger partial charge in [-0.2, -0.15) is 4.98 Å². The summed E-state index contributed by atoms with van der Waals surface area (Å²) < 4.78 is 21.0. The number of benzene rings is 1. The predicted molar refractivity (Wildman–Crippen MR) is 108 cm³/mol. The molecule has 2 atom stereocenters. The smallest absolute Gasteiger partial charge is 0.442 e. The maximum absolute atomic E-state index is 12.6. The van der Waals surface area contributed by atoms with Gasteiger partial charge < -0.3 is 20.5 Å². The first-order valence-corrected chi connectivity index (χ1v) is 10.6. The maximum atomic E-state index is 12.6. The summed E-state index contributed by atoms with van der Waals surface area (Å²) in [4.78, 5) is 20.5. The highest BCUT2D eigenvalue weighted by molar-refractivity contribution is 7.93. The summed E-state index contributed by atoms with van der Waals surface area (Å²) >= 11 is 0. The minimum absolute atomic E-state index is 0.0131. The first-order chi connectivity index (χ1) is 13.2. The van der Waals surface area contributed by atoms with Gasteiger partial charge in [-0.3, -0.25) is 0 Å². The molecule has 152 valence electrons. The van der Waals surface area contributed by atoms with E-state index in [4.69, 9.17) is 4.74 Å². The Morgan fingerprint density at radius 1 is 1.36 bits per heavy atom. The van der Waals surface area contributed by atoms with Crippen molar-refractivity contribution in [2.45, 2.75) is 31.7 Å². The van der Waals surface area contributed by atoms with Crippen LogP contribution in [0.3, 0.4) is 0 Å². The summed E-state index contributed by atoms with van der Waals surface area (Å²) in [6, 6.07) is 6.50. The monoisotopic (exact) mass is 407 g/mol. The minimum atomic E-state index is -2.89. The highest BCUT2D eigenvalue weighted by atomic mass is 32.2. The standard InChI is InChI=1S/C18H25N5O4S/c1-5-27-18(25)23-28(4,26)15-8-6-14(7-9-15)21-17-19-10-12(2)16(22-17)20-13(3)11-24/h6-10,13,24H,5,11H2,1-4H3,(H2,19,20,21,22)/t13-,28?/m1/s1. The molecule has 1 aromatic carbocycles. The predicted octanol–water partition coefficient (Wildman–Crippen LogP) is 2.93. The van der Waals surface area contributed by atoms with E-state index in [0.717, 1.165) is 5.56 Å². The Hall–Kier alpha value is -2.72. The zero-order chi connectivity index (χ0) is 20.7. The van der Waals surface area contributed by atoms with Crippen LogP contribution in [-0.2, 0) is 14.5 Å². The summed E-state index contributed by atoms with van der Waals surface area (Å²) in [6.07, 6.45) is 2.21. The van der Waals surface area contributed by atoms with E-state index in [1.165, 1.54) is 6.26 Å². The van der Waals surface area contributed by atoms with Crippen molar-refractivity contribution in [2.75, 3.05) is 30.1 Å². The van der Waals surface area contributed by atoms with Crippen LogP contribution in [0.1, 0.15) is 19.4 Å². The molecule has 2 aromatic rings. The summed E-state index contributed by atoms with van der Waals surface area (Å²) in [5.41, 5.74) is 1.53. The molecule has 1 amide bonds. The van der Waals surface area contributed by atoms with Gasteiger partial charge in [-0.25, -0.2) is 14.0 Å². The van der Waals surface area contributed by atoms with E-state index in [0.29, 0.717) is 22.3 Å². The van der Waals surface area contributed by atoms with Crippen LogP contribution in [0.2, 0.25) is 0 Å². The number of aryl methyl sites for hydroxylation is 1. The third-order valence-corrected chi connectivity index (χ3v) is 5.34. The van der Waals surface area contributed by atoms with Crippen molar-refractivity contribution < 1.29 is 18.8 Å². The van der Waals surface area contributed by atoms with Gasteiger partial charge in [-0.1, -0.05) is 0 Å². The zero-order valence-electron chi connectivity index (χ0n) is 16.3. The van der Waals surface area contributed by atoms with Crippen LogP contribution >= 0.6 is 0 Å². The molecule has 3 N–H and O–H groups in total. The molecule has 9 nitrogen and oxygen atoms in total. The Labute approximate surface area is 164 Å². The first-order valence-electron chi connectivity index (χ1n) is 8.72. The second kappa shape index (κ2) is 9.47. The van der Waals surface area contributed by atoms with Gasteiger partial charge in [0.05, 0.1) is 22.9 Å². The lowest BCUT2D eigenvalue weighted by Crippen LogP contribution is -2.21. The number of amides is 1. The fraction of sp³-hybridized carbons (Fsp3) is 0.389. The molecule has 0 fully saturated rings. The van der Waals surface area contributed by atoms with Crippen LogP contribution in [0.15, 0.2) is 39.7 Å². The van der Waals surface area contributed by atoms with Crippen molar-refractivity contribution in [1.29, 1.82) is 0 Å². The fourth-order valence-electron chi connectivity index (χ4n) is 2.19. The van der Waals surface area contributed by atoms with Gasteiger partial charge in [0.15, 0.2) is 0 Å². The van der Waals surface area contributed by atoms with Crippen LogP contribution in [0.4, 0.5) is 22.2 Å². The van der Waals surface area contributed by atoms with Crippen molar-refractivity contribution >= 4 is 33.3 Å². The highest BCUT2D eigenvalue weighted by Crippen LogP contribution is 2.20. The highest BCUT2D eigenvalue weighted by Gasteiger charge is 2.11. The van der Waals surface area contributed by atoms with Gasteiger partial charge in [0, 0.05) is 34.6 Å². The number of hydrogen-bond acceptors (Lipinski definition) is 8. The van der Waals surface area contributed by atoms with Gasteiger partial charge >= 0.3 is 6.09 Å². The van der Waals surface area contributed by atoms with E-state index in [9.17, 15) is 14.1 Å². The molecule has 0 bridgehead atoms. The van der Waals surface area contributed by atoms with E-state index in [1.54, 1.807) is 37.4 Å². The Kier molecular flexibility index (Phi) is 7.30. The average molecular weight is 407 g/mol. The second-order valence-corrected chi connectivity index (χ2v) is 8.45. The quantitative estimate of drug-likeness (QED) is 0.639. The lowest BCUT2D eigenvalue weighted by atomic mass is 10.3. The van der Waals surface area contributed by atoms with Crippen molar-refractivity contribution in [1.82, 2.24) is 9.97 Å². The van der Waals surface area contributed by atoms with Crippen LogP contribution in [0.25, 0.3) is 0 Å². The fourth-order valence-corrected chi connectivity index (χ4v) is 3.28. The molecule has 0 saturated carbocycles. The van der Waals surface area contributed by atoms with Crippen molar-refractivity contribution in [2.24, 2.45) is 4.36 Å². The van der Waals surface area contributed by atoms with Gasteiger partial charge in [0.1, 0.15) is 5.82 Å². The molecule has 0 aliphatic rings. The molecule has 0 aliphatic heterocycles. The first kappa shape index (κ1) is 21.6. The molecule has 0 aliphatic carbocycles. The summed E-state index contributed by atoms with van der Waals surface area (Å²) in [5.74, 6) is 1.000. The molecular formula is C18H25N5O4S. The molecule has 1 aromatic heterocycles. The molecule has 2 rings (SSSR count). The van der Waals surface area contributed by atoms with Gasteiger partial charge in [0.25, 0.3) is 0 Å². The third-order valence-electron chi connectivity index (χ3n) is 3.69. The molecule has 0 spiro atoms. The minimum Gasteiger partial charge on any atom is -0.448 e.